The number of nitrogens with zero attached hydrogens (tertiary/aromatic N) is 3. The van der Waals surface area contributed by atoms with Gasteiger partial charge in [-0.05, 0) is 25.7 Å². The number of likely N-dealkylation sites (tertiary alicyclic amines) is 1. The Bertz CT molecular complexity index is 651. The highest BCUT2D eigenvalue weighted by atomic mass is 19.4. The van der Waals surface area contributed by atoms with Crippen molar-refractivity contribution in [3.8, 4) is 0 Å². The van der Waals surface area contributed by atoms with E-state index in [1.807, 2.05) is 0 Å². The van der Waals surface area contributed by atoms with Crippen LogP contribution >= 0.6 is 0 Å². The van der Waals surface area contributed by atoms with Gasteiger partial charge in [-0.3, -0.25) is 9.58 Å². The first-order valence-electron chi connectivity index (χ1n) is 9.17. The summed E-state index contributed by atoms with van der Waals surface area (Å²) in [5.41, 5.74) is -0.0920. The van der Waals surface area contributed by atoms with E-state index in [1.165, 1.54) is 17.9 Å². The zero-order chi connectivity index (χ0) is 19.6. The maximum absolute atomic E-state index is 13.4. The van der Waals surface area contributed by atoms with E-state index >= 15 is 0 Å². The first kappa shape index (κ1) is 19.9. The highest BCUT2D eigenvalue weighted by molar-refractivity contribution is 5.75. The average molecular weight is 389 g/mol. The minimum atomic E-state index is -4.60. The summed E-state index contributed by atoms with van der Waals surface area (Å²) in [6, 6.07) is -2.92. The number of halogens is 3. The van der Waals surface area contributed by atoms with Crippen molar-refractivity contribution < 1.29 is 22.7 Å². The molecule has 2 unspecified atom stereocenters. The van der Waals surface area contributed by atoms with Crippen LogP contribution in [0.5, 0.6) is 0 Å². The lowest BCUT2D eigenvalue weighted by atomic mass is 10.1. The topological polar surface area (TPSA) is 71.4 Å². The number of alkyl halides is 3. The first-order chi connectivity index (χ1) is 12.8. The molecular weight excluding hydrogens is 363 g/mol. The smallest absolute Gasteiger partial charge is 0.380 e. The molecule has 0 aromatic carbocycles. The molecule has 0 radical (unpaired) electrons. The summed E-state index contributed by atoms with van der Waals surface area (Å²) >= 11 is 0. The zero-order valence-electron chi connectivity index (χ0n) is 15.5. The van der Waals surface area contributed by atoms with Crippen molar-refractivity contribution in [2.24, 2.45) is 7.05 Å². The molecular formula is C17H26F3N5O2. The van der Waals surface area contributed by atoms with E-state index in [0.717, 1.165) is 45.0 Å². The van der Waals surface area contributed by atoms with Crippen LogP contribution in [0.25, 0.3) is 0 Å². The van der Waals surface area contributed by atoms with Crippen LogP contribution in [0.4, 0.5) is 18.0 Å². The summed E-state index contributed by atoms with van der Waals surface area (Å²) in [7, 11) is 3.21. The molecule has 4 atom stereocenters. The molecule has 2 amide bonds. The Kier molecular flexibility index (Phi) is 5.95. The van der Waals surface area contributed by atoms with Crippen LogP contribution in [0.15, 0.2) is 12.4 Å². The standard InChI is InChI=1S/C17H26F3N5O2/c1-24-9-11(8-21-24)15(17(18,19)20)23-16(26)22-13-4-3-5-14(13)25-7-6-12(10-25)27-2/h8-9,12-15H,3-7,10H2,1-2H3,(H2,22,23,26)/t12?,13-,14+,15?/m0/s1. The van der Waals surface area contributed by atoms with Crippen molar-refractivity contribution in [1.82, 2.24) is 25.3 Å². The van der Waals surface area contributed by atoms with Crippen LogP contribution in [-0.2, 0) is 11.8 Å². The largest absolute Gasteiger partial charge is 0.413 e. The normalized spacial score (nSPS) is 27.7. The Morgan fingerprint density at radius 2 is 2.15 bits per heavy atom. The minimum Gasteiger partial charge on any atom is -0.380 e. The molecule has 0 spiro atoms. The SMILES string of the molecule is COC1CCN([C@@H]2CCC[C@@H]2NC(=O)NC(c2cnn(C)c2)C(F)(F)F)C1. The molecule has 3 rings (SSSR count). The zero-order valence-corrected chi connectivity index (χ0v) is 15.5. The maximum Gasteiger partial charge on any atom is 0.413 e. The molecule has 10 heteroatoms. The Morgan fingerprint density at radius 1 is 1.37 bits per heavy atom. The number of aromatic nitrogens is 2. The van der Waals surface area contributed by atoms with Gasteiger partial charge in [-0.15, -0.1) is 0 Å². The fraction of sp³-hybridized carbons (Fsp3) is 0.765. The third-order valence-electron chi connectivity index (χ3n) is 5.44. The van der Waals surface area contributed by atoms with Gasteiger partial charge in [-0.25, -0.2) is 4.79 Å². The van der Waals surface area contributed by atoms with Crippen molar-refractivity contribution in [2.45, 2.75) is 56.1 Å². The minimum absolute atomic E-state index is 0.0920. The van der Waals surface area contributed by atoms with Crippen molar-refractivity contribution >= 4 is 6.03 Å². The second kappa shape index (κ2) is 8.05. The number of carbonyl (C=O) groups is 1. The number of methoxy groups -OCH3 is 1. The van der Waals surface area contributed by atoms with Crippen molar-refractivity contribution in [1.29, 1.82) is 0 Å². The Hall–Kier alpha value is -1.81. The van der Waals surface area contributed by atoms with Crippen LogP contribution < -0.4 is 10.6 Å². The molecule has 2 fully saturated rings. The fourth-order valence-electron chi connectivity index (χ4n) is 4.08. The molecule has 1 saturated carbocycles. The molecule has 0 bridgehead atoms. The molecule has 2 heterocycles. The molecule has 1 saturated heterocycles. The van der Waals surface area contributed by atoms with Crippen LogP contribution in [0.2, 0.25) is 0 Å². The molecule has 152 valence electrons. The highest BCUT2D eigenvalue weighted by Gasteiger charge is 2.43. The van der Waals surface area contributed by atoms with Gasteiger partial charge in [0, 0.05) is 51.1 Å². The van der Waals surface area contributed by atoms with Gasteiger partial charge in [0.05, 0.1) is 12.3 Å². The van der Waals surface area contributed by atoms with Gasteiger partial charge in [-0.2, -0.15) is 18.3 Å². The summed E-state index contributed by atoms with van der Waals surface area (Å²) < 4.78 is 46.8. The summed E-state index contributed by atoms with van der Waals surface area (Å²) in [6.45, 7) is 1.67. The second-order valence-electron chi connectivity index (χ2n) is 7.29. The summed E-state index contributed by atoms with van der Waals surface area (Å²) in [6.07, 6.45) is 1.51. The number of rotatable bonds is 5. The van der Waals surface area contributed by atoms with Crippen LogP contribution in [0.1, 0.15) is 37.3 Å². The average Bonchev–Trinajstić information content (AvgIpc) is 3.31. The summed E-state index contributed by atoms with van der Waals surface area (Å²) in [5.74, 6) is 0. The van der Waals surface area contributed by atoms with E-state index in [4.69, 9.17) is 4.74 Å². The number of nitrogens with one attached hydrogen (secondary N) is 2. The number of carbonyl (C=O) groups excluding carboxylic acids is 1. The molecule has 2 aliphatic rings. The monoisotopic (exact) mass is 389 g/mol. The molecule has 1 aliphatic carbocycles. The van der Waals surface area contributed by atoms with E-state index in [1.54, 1.807) is 7.11 Å². The highest BCUT2D eigenvalue weighted by Crippen LogP contribution is 2.33. The van der Waals surface area contributed by atoms with Gasteiger partial charge >= 0.3 is 12.2 Å². The summed E-state index contributed by atoms with van der Waals surface area (Å²) in [5, 5.41) is 8.60. The van der Waals surface area contributed by atoms with E-state index in [2.05, 4.69) is 20.6 Å². The van der Waals surface area contributed by atoms with Crippen molar-refractivity contribution in [3.63, 3.8) is 0 Å². The lowest BCUT2D eigenvalue weighted by Gasteiger charge is -2.30. The molecule has 7 nitrogen and oxygen atoms in total. The second-order valence-corrected chi connectivity index (χ2v) is 7.29. The van der Waals surface area contributed by atoms with Gasteiger partial charge in [0.25, 0.3) is 0 Å². The third kappa shape index (κ3) is 4.73. The predicted molar refractivity (Wildman–Crippen MR) is 92.1 cm³/mol. The molecule has 1 aromatic heterocycles. The van der Waals surface area contributed by atoms with E-state index in [9.17, 15) is 18.0 Å². The van der Waals surface area contributed by atoms with Crippen LogP contribution in [0, 0.1) is 0 Å². The lowest BCUT2D eigenvalue weighted by Crippen LogP contribution is -2.52. The van der Waals surface area contributed by atoms with Crippen LogP contribution in [0.3, 0.4) is 0 Å². The van der Waals surface area contributed by atoms with Gasteiger partial charge in [-0.1, -0.05) is 0 Å². The van der Waals surface area contributed by atoms with E-state index < -0.39 is 18.2 Å². The van der Waals surface area contributed by atoms with E-state index in [0.29, 0.717) is 0 Å². The van der Waals surface area contributed by atoms with Crippen LogP contribution in [-0.4, -0.2) is 65.3 Å². The number of hydrogen-bond acceptors (Lipinski definition) is 4. The fourth-order valence-corrected chi connectivity index (χ4v) is 4.08. The number of aryl methyl sites for hydroxylation is 1. The molecule has 1 aromatic rings. The summed E-state index contributed by atoms with van der Waals surface area (Å²) in [4.78, 5) is 14.6. The Balaban J connectivity index is 1.61. The van der Waals surface area contributed by atoms with Gasteiger partial charge in [0.1, 0.15) is 0 Å². The first-order valence-corrected chi connectivity index (χ1v) is 9.17. The van der Waals surface area contributed by atoms with Gasteiger partial charge in [0.15, 0.2) is 6.04 Å². The van der Waals surface area contributed by atoms with E-state index in [-0.39, 0.29) is 23.8 Å². The number of ether oxygens (including phenoxy) is 1. The predicted octanol–water partition coefficient (Wildman–Crippen LogP) is 1.96. The molecule has 27 heavy (non-hydrogen) atoms. The number of amides is 2. The maximum atomic E-state index is 13.4. The van der Waals surface area contributed by atoms with Crippen molar-refractivity contribution in [3.05, 3.63) is 18.0 Å². The number of hydrogen-bond donors (Lipinski definition) is 2. The van der Waals surface area contributed by atoms with Gasteiger partial charge in [0.2, 0.25) is 0 Å². The third-order valence-corrected chi connectivity index (χ3v) is 5.44. The molecule has 2 N–H and O–H groups in total. The van der Waals surface area contributed by atoms with Crippen molar-refractivity contribution in [2.75, 3.05) is 20.2 Å². The quantitative estimate of drug-likeness (QED) is 0.808. The Morgan fingerprint density at radius 3 is 2.74 bits per heavy atom. The lowest BCUT2D eigenvalue weighted by molar-refractivity contribution is -0.155. The molecule has 1 aliphatic heterocycles. The number of urea groups is 1. The van der Waals surface area contributed by atoms with Gasteiger partial charge < -0.3 is 15.4 Å². The Labute approximate surface area is 156 Å².